The minimum atomic E-state index is -0.153. The van der Waals surface area contributed by atoms with Crippen LogP contribution in [0.25, 0.3) is 10.8 Å². The summed E-state index contributed by atoms with van der Waals surface area (Å²) in [7, 11) is 1.39. The van der Waals surface area contributed by atoms with Gasteiger partial charge in [-0.15, -0.1) is 0 Å². The van der Waals surface area contributed by atoms with Gasteiger partial charge in [-0.3, -0.25) is 4.79 Å². The largest absolute Gasteiger partial charge is 0.469 e. The number of rotatable bonds is 3. The van der Waals surface area contributed by atoms with Crippen LogP contribution < -0.4 is 0 Å². The standard InChI is InChI=1S/C26H20N2.C5H10O2.CH3.Ni/c1-17-9-3-5-15-22(17)27-25-20-13-7-11-19-12-8-14-21(24(19)20)26(25)28-23-16-6-4-10-18(23)2;1-4(2)5(6)7-3;;/h3-16H,1-2H3;4H,1-3H3;1H3;/q;;-1;. The molecule has 0 radical (unpaired) electrons. The van der Waals surface area contributed by atoms with Gasteiger partial charge in [-0.05, 0) is 42.5 Å². The Morgan fingerprint density at radius 3 is 1.49 bits per heavy atom. The van der Waals surface area contributed by atoms with Crippen molar-refractivity contribution < 1.29 is 26.0 Å². The Balaban J connectivity index is 0.000000476. The third kappa shape index (κ3) is 6.42. The summed E-state index contributed by atoms with van der Waals surface area (Å²) < 4.78 is 4.37. The Hall–Kier alpha value is -3.56. The molecule has 0 N–H and O–H groups in total. The first-order valence-corrected chi connectivity index (χ1v) is 11.8. The Bertz CT molecular complexity index is 1360. The first-order chi connectivity index (χ1) is 16.9. The van der Waals surface area contributed by atoms with Crippen molar-refractivity contribution in [3.63, 3.8) is 0 Å². The Kier molecular flexibility index (Phi) is 10.5. The fourth-order valence-electron chi connectivity index (χ4n) is 4.07. The van der Waals surface area contributed by atoms with E-state index in [9.17, 15) is 4.79 Å². The van der Waals surface area contributed by atoms with Gasteiger partial charge < -0.3 is 12.2 Å². The fourth-order valence-corrected chi connectivity index (χ4v) is 4.07. The molecule has 5 rings (SSSR count). The van der Waals surface area contributed by atoms with Crippen LogP contribution in [0.2, 0.25) is 0 Å². The van der Waals surface area contributed by atoms with E-state index in [1.54, 1.807) is 13.8 Å². The van der Waals surface area contributed by atoms with Crippen LogP contribution in [-0.2, 0) is 26.0 Å². The molecular weight excluding hydrogens is 503 g/mol. The third-order valence-electron chi connectivity index (χ3n) is 6.01. The number of benzene rings is 4. The van der Waals surface area contributed by atoms with E-state index in [0.717, 1.165) is 45.1 Å². The summed E-state index contributed by atoms with van der Waals surface area (Å²) in [5.41, 5.74) is 8.50. The molecule has 0 aliphatic heterocycles. The van der Waals surface area contributed by atoms with Crippen molar-refractivity contribution >= 4 is 39.5 Å². The van der Waals surface area contributed by atoms with E-state index in [-0.39, 0.29) is 35.8 Å². The zero-order valence-electron chi connectivity index (χ0n) is 22.2. The minimum Gasteiger partial charge on any atom is -0.469 e. The van der Waals surface area contributed by atoms with Gasteiger partial charge in [0, 0.05) is 33.0 Å². The van der Waals surface area contributed by atoms with Crippen LogP contribution >= 0.6 is 0 Å². The summed E-state index contributed by atoms with van der Waals surface area (Å²) in [5, 5.41) is 2.46. The van der Waals surface area contributed by atoms with Crippen molar-refractivity contribution in [3.05, 3.63) is 115 Å². The van der Waals surface area contributed by atoms with Gasteiger partial charge in [-0.2, -0.15) is 0 Å². The number of para-hydroxylation sites is 2. The maximum atomic E-state index is 10.3. The zero-order chi connectivity index (χ0) is 24.9. The van der Waals surface area contributed by atoms with Crippen molar-refractivity contribution in [2.75, 3.05) is 7.11 Å². The molecule has 0 unspecified atom stereocenters. The minimum absolute atomic E-state index is 0. The van der Waals surface area contributed by atoms with Crippen LogP contribution in [0.5, 0.6) is 0 Å². The second kappa shape index (κ2) is 13.1. The maximum absolute atomic E-state index is 10.3. The molecule has 0 aromatic heterocycles. The molecule has 1 aliphatic carbocycles. The number of hydrogen-bond acceptors (Lipinski definition) is 4. The van der Waals surface area contributed by atoms with Gasteiger partial charge in [0.15, 0.2) is 0 Å². The molecule has 0 saturated heterocycles. The van der Waals surface area contributed by atoms with Gasteiger partial charge in [-0.1, -0.05) is 86.6 Å². The van der Waals surface area contributed by atoms with Crippen molar-refractivity contribution in [1.82, 2.24) is 0 Å². The summed E-state index contributed by atoms with van der Waals surface area (Å²) >= 11 is 0. The second-order valence-electron chi connectivity index (χ2n) is 8.88. The molecule has 0 atom stereocenters. The van der Waals surface area contributed by atoms with Crippen molar-refractivity contribution in [2.24, 2.45) is 15.9 Å². The normalized spacial score (nSPS) is 13.6. The topological polar surface area (TPSA) is 51.0 Å². The molecule has 4 aromatic rings. The molecule has 37 heavy (non-hydrogen) atoms. The predicted molar refractivity (Wildman–Crippen MR) is 152 cm³/mol. The van der Waals surface area contributed by atoms with E-state index in [0.29, 0.717) is 0 Å². The molecule has 0 saturated carbocycles. The smallest absolute Gasteiger partial charge is 0.308 e. The van der Waals surface area contributed by atoms with Gasteiger partial charge in [0.05, 0.1) is 35.8 Å². The Labute approximate surface area is 230 Å². The van der Waals surface area contributed by atoms with Crippen LogP contribution in [-0.4, -0.2) is 24.5 Å². The van der Waals surface area contributed by atoms with E-state index >= 15 is 0 Å². The van der Waals surface area contributed by atoms with Gasteiger partial charge in [0.1, 0.15) is 0 Å². The molecule has 5 heteroatoms. The van der Waals surface area contributed by atoms with Crippen LogP contribution in [0, 0.1) is 27.2 Å². The summed E-state index contributed by atoms with van der Waals surface area (Å²) in [4.78, 5) is 20.5. The number of nitrogens with zero attached hydrogens (tertiary/aromatic N) is 2. The molecule has 1 aliphatic rings. The van der Waals surface area contributed by atoms with Gasteiger partial charge >= 0.3 is 5.97 Å². The molecular formula is C32H33N2NiO2-. The number of hydrogen-bond donors (Lipinski definition) is 0. The zero-order valence-corrected chi connectivity index (χ0v) is 23.2. The molecule has 0 heterocycles. The summed E-state index contributed by atoms with van der Waals surface area (Å²) in [6.45, 7) is 7.79. The summed E-state index contributed by atoms with van der Waals surface area (Å²) in [6, 6.07) is 29.3. The van der Waals surface area contributed by atoms with Gasteiger partial charge in [0.2, 0.25) is 0 Å². The van der Waals surface area contributed by atoms with Crippen molar-refractivity contribution in [2.45, 2.75) is 27.7 Å². The van der Waals surface area contributed by atoms with Crippen LogP contribution in [0.3, 0.4) is 0 Å². The number of methoxy groups -OCH3 is 1. The number of ether oxygens (including phenoxy) is 1. The first-order valence-electron chi connectivity index (χ1n) is 11.8. The average molecular weight is 536 g/mol. The first kappa shape index (κ1) is 29.7. The van der Waals surface area contributed by atoms with E-state index in [1.807, 2.05) is 24.3 Å². The molecule has 0 amide bonds. The molecule has 194 valence electrons. The van der Waals surface area contributed by atoms with E-state index < -0.39 is 0 Å². The average Bonchev–Trinajstić information content (AvgIpc) is 3.16. The van der Waals surface area contributed by atoms with Crippen molar-refractivity contribution in [1.29, 1.82) is 0 Å². The third-order valence-corrected chi connectivity index (χ3v) is 6.01. The number of esters is 1. The van der Waals surface area contributed by atoms with E-state index in [1.165, 1.54) is 17.9 Å². The van der Waals surface area contributed by atoms with Gasteiger partial charge in [-0.25, -0.2) is 9.98 Å². The van der Waals surface area contributed by atoms with Crippen LogP contribution in [0.4, 0.5) is 11.4 Å². The van der Waals surface area contributed by atoms with E-state index in [2.05, 4.69) is 79.2 Å². The predicted octanol–water partition coefficient (Wildman–Crippen LogP) is 7.98. The van der Waals surface area contributed by atoms with E-state index in [4.69, 9.17) is 9.98 Å². The van der Waals surface area contributed by atoms with Gasteiger partial charge in [0.25, 0.3) is 0 Å². The molecule has 0 fully saturated rings. The number of aryl methyl sites for hydroxylation is 2. The number of carbonyl (C=O) groups excluding carboxylic acids is 1. The molecule has 4 nitrogen and oxygen atoms in total. The van der Waals surface area contributed by atoms with Crippen LogP contribution in [0.1, 0.15) is 36.1 Å². The number of carbonyl (C=O) groups is 1. The Morgan fingerprint density at radius 2 is 1.14 bits per heavy atom. The summed E-state index contributed by atoms with van der Waals surface area (Å²) in [5.74, 6) is -0.148. The maximum Gasteiger partial charge on any atom is 0.308 e. The Morgan fingerprint density at radius 1 is 0.703 bits per heavy atom. The molecule has 0 spiro atoms. The summed E-state index contributed by atoms with van der Waals surface area (Å²) in [6.07, 6.45) is 0. The SMILES string of the molecule is COC(=O)C(C)C.Cc1ccccc1N=C1C(=Nc2ccccc2C)c2cccc3cccc1c23.[CH3-].[Ni]. The number of aliphatic imine (C=N–C) groups is 2. The quantitative estimate of drug-likeness (QED) is 0.152. The fraction of sp³-hybridized carbons (Fsp3) is 0.188. The molecule has 4 aromatic carbocycles. The van der Waals surface area contributed by atoms with Crippen molar-refractivity contribution in [3.8, 4) is 0 Å². The molecule has 0 bridgehead atoms. The van der Waals surface area contributed by atoms with Crippen LogP contribution in [0.15, 0.2) is 94.9 Å². The monoisotopic (exact) mass is 535 g/mol. The second-order valence-corrected chi connectivity index (χ2v) is 8.88.